The summed E-state index contributed by atoms with van der Waals surface area (Å²) in [5, 5.41) is 11.4. The molecule has 0 bridgehead atoms. The molecule has 2 N–H and O–H groups in total. The first-order valence-electron chi connectivity index (χ1n) is 6.82. The van der Waals surface area contributed by atoms with Crippen LogP contribution in [0.25, 0.3) is 0 Å². The molecule has 106 valence electrons. The van der Waals surface area contributed by atoms with E-state index in [-0.39, 0.29) is 11.8 Å². The standard InChI is InChI=1S/C13H20N2O4/c1-8(12(17)15-5-3-2-4-6-15)14-11(16)9-7-10(9)13(18)19/h8-10H,2-7H2,1H3,(H,14,16)(H,18,19). The van der Waals surface area contributed by atoms with E-state index in [1.165, 1.54) is 0 Å². The fourth-order valence-electron chi connectivity index (χ4n) is 2.53. The number of nitrogens with one attached hydrogen (secondary N) is 1. The van der Waals surface area contributed by atoms with Gasteiger partial charge in [0.1, 0.15) is 6.04 Å². The third-order valence-corrected chi connectivity index (χ3v) is 3.84. The summed E-state index contributed by atoms with van der Waals surface area (Å²) in [6.07, 6.45) is 3.55. The van der Waals surface area contributed by atoms with Crippen LogP contribution in [0.2, 0.25) is 0 Å². The zero-order valence-corrected chi connectivity index (χ0v) is 11.1. The van der Waals surface area contributed by atoms with Crippen LogP contribution >= 0.6 is 0 Å². The molecular weight excluding hydrogens is 248 g/mol. The zero-order chi connectivity index (χ0) is 14.0. The molecule has 3 atom stereocenters. The monoisotopic (exact) mass is 268 g/mol. The minimum atomic E-state index is -0.935. The molecular formula is C13H20N2O4. The van der Waals surface area contributed by atoms with Crippen molar-refractivity contribution in [2.45, 2.75) is 38.6 Å². The molecule has 6 nitrogen and oxygen atoms in total. The first-order chi connectivity index (χ1) is 9.00. The van der Waals surface area contributed by atoms with Crippen LogP contribution < -0.4 is 5.32 Å². The molecule has 1 saturated heterocycles. The maximum absolute atomic E-state index is 12.1. The normalized spacial score (nSPS) is 27.5. The van der Waals surface area contributed by atoms with E-state index in [9.17, 15) is 14.4 Å². The number of piperidine rings is 1. The van der Waals surface area contributed by atoms with Crippen molar-refractivity contribution in [3.63, 3.8) is 0 Å². The molecule has 1 saturated carbocycles. The van der Waals surface area contributed by atoms with E-state index in [1.807, 2.05) is 0 Å². The van der Waals surface area contributed by atoms with Crippen LogP contribution in [-0.2, 0) is 14.4 Å². The summed E-state index contributed by atoms with van der Waals surface area (Å²) in [6, 6.07) is -0.569. The fourth-order valence-corrected chi connectivity index (χ4v) is 2.53. The third kappa shape index (κ3) is 3.24. The first kappa shape index (κ1) is 13.8. The number of carbonyl (C=O) groups excluding carboxylic acids is 2. The van der Waals surface area contributed by atoms with Crippen molar-refractivity contribution in [1.82, 2.24) is 10.2 Å². The highest BCUT2D eigenvalue weighted by Crippen LogP contribution is 2.38. The van der Waals surface area contributed by atoms with Gasteiger partial charge in [-0.05, 0) is 32.6 Å². The summed E-state index contributed by atoms with van der Waals surface area (Å²) >= 11 is 0. The van der Waals surface area contributed by atoms with E-state index in [1.54, 1.807) is 11.8 Å². The number of hydrogen-bond donors (Lipinski definition) is 2. The predicted molar refractivity (Wildman–Crippen MR) is 67.3 cm³/mol. The van der Waals surface area contributed by atoms with Gasteiger partial charge >= 0.3 is 5.97 Å². The van der Waals surface area contributed by atoms with Crippen LogP contribution in [0, 0.1) is 11.8 Å². The Morgan fingerprint density at radius 2 is 1.79 bits per heavy atom. The Kier molecular flexibility index (Phi) is 4.07. The minimum Gasteiger partial charge on any atom is -0.481 e. The van der Waals surface area contributed by atoms with Gasteiger partial charge in [0.15, 0.2) is 0 Å². The van der Waals surface area contributed by atoms with Crippen molar-refractivity contribution in [2.75, 3.05) is 13.1 Å². The molecule has 0 aromatic carbocycles. The second-order valence-corrected chi connectivity index (χ2v) is 5.40. The molecule has 3 unspecified atom stereocenters. The Bertz CT molecular complexity index is 390. The molecule has 0 aromatic rings. The first-order valence-corrected chi connectivity index (χ1v) is 6.82. The molecule has 2 amide bonds. The smallest absolute Gasteiger partial charge is 0.307 e. The summed E-state index contributed by atoms with van der Waals surface area (Å²) in [4.78, 5) is 36.3. The molecule has 2 rings (SSSR count). The van der Waals surface area contributed by atoms with E-state index in [0.29, 0.717) is 6.42 Å². The van der Waals surface area contributed by atoms with Crippen LogP contribution in [0.3, 0.4) is 0 Å². The lowest BCUT2D eigenvalue weighted by molar-refractivity contribution is -0.140. The van der Waals surface area contributed by atoms with Gasteiger partial charge in [0.2, 0.25) is 11.8 Å². The van der Waals surface area contributed by atoms with E-state index in [4.69, 9.17) is 5.11 Å². The summed E-state index contributed by atoms with van der Waals surface area (Å²) in [5.74, 6) is -2.35. The van der Waals surface area contributed by atoms with E-state index in [2.05, 4.69) is 5.32 Å². The number of carboxylic acids is 1. The summed E-state index contributed by atoms with van der Waals surface area (Å²) in [7, 11) is 0. The number of amides is 2. The maximum atomic E-state index is 12.1. The summed E-state index contributed by atoms with van der Waals surface area (Å²) in [6.45, 7) is 3.16. The van der Waals surface area contributed by atoms with Crippen LogP contribution in [0.1, 0.15) is 32.6 Å². The number of likely N-dealkylation sites (tertiary alicyclic amines) is 1. The SMILES string of the molecule is CC(NC(=O)C1CC1C(=O)O)C(=O)N1CCCCC1. The number of hydrogen-bond acceptors (Lipinski definition) is 3. The molecule has 2 fully saturated rings. The van der Waals surface area contributed by atoms with Gasteiger partial charge in [-0.25, -0.2) is 0 Å². The minimum absolute atomic E-state index is 0.0689. The second-order valence-electron chi connectivity index (χ2n) is 5.40. The fraction of sp³-hybridized carbons (Fsp3) is 0.769. The molecule has 6 heteroatoms. The number of aliphatic carboxylic acids is 1. The highest BCUT2D eigenvalue weighted by molar-refractivity contribution is 5.93. The Labute approximate surface area is 112 Å². The molecule has 19 heavy (non-hydrogen) atoms. The molecule has 1 aliphatic heterocycles. The lowest BCUT2D eigenvalue weighted by Crippen LogP contribution is -2.49. The van der Waals surface area contributed by atoms with E-state index >= 15 is 0 Å². The molecule has 0 spiro atoms. The highest BCUT2D eigenvalue weighted by atomic mass is 16.4. The van der Waals surface area contributed by atoms with Gasteiger partial charge in [0, 0.05) is 13.1 Å². The van der Waals surface area contributed by atoms with E-state index < -0.39 is 23.8 Å². The lowest BCUT2D eigenvalue weighted by Gasteiger charge is -2.29. The summed E-state index contributed by atoms with van der Waals surface area (Å²) < 4.78 is 0. The topological polar surface area (TPSA) is 86.7 Å². The molecule has 0 aromatic heterocycles. The highest BCUT2D eigenvalue weighted by Gasteiger charge is 2.48. The average Bonchev–Trinajstić information content (AvgIpc) is 3.19. The zero-order valence-electron chi connectivity index (χ0n) is 11.1. The van der Waals surface area contributed by atoms with Gasteiger partial charge in [-0.2, -0.15) is 0 Å². The number of carboxylic acid groups (broad SMARTS) is 1. The Hall–Kier alpha value is -1.59. The van der Waals surface area contributed by atoms with Crippen LogP contribution in [-0.4, -0.2) is 46.9 Å². The van der Waals surface area contributed by atoms with Crippen molar-refractivity contribution < 1.29 is 19.5 Å². The van der Waals surface area contributed by atoms with E-state index in [0.717, 1.165) is 32.4 Å². The molecule has 1 aliphatic carbocycles. The van der Waals surface area contributed by atoms with Gasteiger partial charge in [-0.3, -0.25) is 14.4 Å². The van der Waals surface area contributed by atoms with Gasteiger partial charge in [0.05, 0.1) is 11.8 Å². The van der Waals surface area contributed by atoms with Crippen molar-refractivity contribution >= 4 is 17.8 Å². The van der Waals surface area contributed by atoms with Crippen molar-refractivity contribution in [1.29, 1.82) is 0 Å². The van der Waals surface area contributed by atoms with Gasteiger partial charge in [0.25, 0.3) is 0 Å². The van der Waals surface area contributed by atoms with Crippen molar-refractivity contribution in [3.8, 4) is 0 Å². The maximum Gasteiger partial charge on any atom is 0.307 e. The number of nitrogens with zero attached hydrogens (tertiary/aromatic N) is 1. The molecule has 2 aliphatic rings. The molecule has 0 radical (unpaired) electrons. The largest absolute Gasteiger partial charge is 0.481 e. The van der Waals surface area contributed by atoms with Crippen molar-refractivity contribution in [3.05, 3.63) is 0 Å². The number of rotatable bonds is 4. The average molecular weight is 268 g/mol. The van der Waals surface area contributed by atoms with Gasteiger partial charge in [-0.1, -0.05) is 0 Å². The third-order valence-electron chi connectivity index (χ3n) is 3.84. The quantitative estimate of drug-likeness (QED) is 0.764. The molecule has 1 heterocycles. The Balaban J connectivity index is 1.80. The van der Waals surface area contributed by atoms with Crippen LogP contribution in [0.4, 0.5) is 0 Å². The van der Waals surface area contributed by atoms with Gasteiger partial charge < -0.3 is 15.3 Å². The lowest BCUT2D eigenvalue weighted by atomic mass is 10.1. The van der Waals surface area contributed by atoms with Gasteiger partial charge in [-0.15, -0.1) is 0 Å². The number of carbonyl (C=O) groups is 3. The van der Waals surface area contributed by atoms with Crippen molar-refractivity contribution in [2.24, 2.45) is 11.8 Å². The Morgan fingerprint density at radius 1 is 1.16 bits per heavy atom. The van der Waals surface area contributed by atoms with Crippen LogP contribution in [0.15, 0.2) is 0 Å². The summed E-state index contributed by atoms with van der Waals surface area (Å²) in [5.41, 5.74) is 0. The predicted octanol–water partition coefficient (Wildman–Crippen LogP) is 0.224. The second kappa shape index (κ2) is 5.59. The Morgan fingerprint density at radius 3 is 2.32 bits per heavy atom. The van der Waals surface area contributed by atoms with Crippen LogP contribution in [0.5, 0.6) is 0 Å².